The van der Waals surface area contributed by atoms with Gasteiger partial charge in [0.15, 0.2) is 46.1 Å². The standard InChI is InChI=1S/2C33H39F4N7O2.2C2HF3O2/c2*1-4-22-16-23(8-9-24(22)32(45)40-12-6-5-7-15-44(2,3)20-21-17-38-18-21)42-30-31-41-19-26(43(31)14-13-39-30)25-10-11-27(46-33(36)37)29(35)28(25)34;2*3-2(4,5)1(6)7/h2*8-11,13-14,16,19,21,33,38H,4-7,12,15,17-18,20H2,1-3H3,(H-,39,40,42,45);2*(H,6,7). The van der Waals surface area contributed by atoms with Crippen molar-refractivity contribution in [3.8, 4) is 34.0 Å². The summed E-state index contributed by atoms with van der Waals surface area (Å²) in [5, 5.41) is 36.8. The van der Waals surface area contributed by atoms with Gasteiger partial charge in [-0.3, -0.25) is 18.4 Å². The van der Waals surface area contributed by atoms with Gasteiger partial charge in [0.1, 0.15) is 11.9 Å². The minimum absolute atomic E-state index is 0.116. The third kappa shape index (κ3) is 23.5. The van der Waals surface area contributed by atoms with Gasteiger partial charge in [0, 0.05) is 110 Å². The van der Waals surface area contributed by atoms with E-state index < -0.39 is 72.3 Å². The molecule has 10 rings (SSSR count). The lowest BCUT2D eigenvalue weighted by Crippen LogP contribution is -2.53. The molecule has 36 heteroatoms. The average Bonchev–Trinajstić information content (AvgIpc) is 1.20. The van der Waals surface area contributed by atoms with Crippen LogP contribution in [0.3, 0.4) is 0 Å². The second-order valence-corrected chi connectivity index (χ2v) is 26.1. The number of carboxylic acids is 2. The van der Waals surface area contributed by atoms with Gasteiger partial charge in [-0.05, 0) is 123 Å². The Labute approximate surface area is 599 Å². The van der Waals surface area contributed by atoms with Gasteiger partial charge < -0.3 is 70.1 Å². The highest BCUT2D eigenvalue weighted by molar-refractivity contribution is 5.97. The quantitative estimate of drug-likeness (QED) is 0.0139. The number of halogens is 14. The summed E-state index contributed by atoms with van der Waals surface area (Å²) < 4.78 is 185. The van der Waals surface area contributed by atoms with Gasteiger partial charge in [-0.1, -0.05) is 13.8 Å². The number of amides is 2. The van der Waals surface area contributed by atoms with Crippen LogP contribution >= 0.6 is 0 Å². The lowest BCUT2D eigenvalue weighted by molar-refractivity contribution is -0.894. The Morgan fingerprint density at radius 2 is 0.896 bits per heavy atom. The monoisotopic (exact) mass is 1510 g/mol. The first-order valence-corrected chi connectivity index (χ1v) is 33.5. The van der Waals surface area contributed by atoms with E-state index in [0.29, 0.717) is 71.4 Å². The lowest BCUT2D eigenvalue weighted by Gasteiger charge is -2.37. The second kappa shape index (κ2) is 37.3. The number of hydrogen-bond acceptors (Lipinski definition) is 16. The molecule has 8 aromatic rings. The number of imidazole rings is 2. The minimum atomic E-state index is -5.19. The number of aliphatic carboxylic acids is 2. The topological polar surface area (TPSA) is 265 Å². The Morgan fingerprint density at radius 1 is 0.538 bits per heavy atom. The number of nitrogens with zero attached hydrogens (tertiary/aromatic N) is 8. The molecule has 6 heterocycles. The number of carbonyl (C=O) groups excluding carboxylic acids is 4. The van der Waals surface area contributed by atoms with Crippen molar-refractivity contribution >= 4 is 58.1 Å². The highest BCUT2D eigenvalue weighted by atomic mass is 19.4. The minimum Gasteiger partial charge on any atom is -0.542 e. The molecule has 2 aliphatic rings. The molecule has 106 heavy (non-hydrogen) atoms. The molecule has 2 amide bonds. The van der Waals surface area contributed by atoms with Crippen molar-refractivity contribution in [2.24, 2.45) is 11.8 Å². The van der Waals surface area contributed by atoms with Crippen LogP contribution in [0.2, 0.25) is 0 Å². The van der Waals surface area contributed by atoms with Crippen molar-refractivity contribution in [2.45, 2.75) is 90.8 Å². The number of ether oxygens (including phenoxy) is 2. The number of alkyl halides is 10. The number of aryl methyl sites for hydroxylation is 2. The van der Waals surface area contributed by atoms with Gasteiger partial charge in [0.2, 0.25) is 11.6 Å². The Balaban J connectivity index is 0.000000250. The van der Waals surface area contributed by atoms with Crippen LogP contribution in [0, 0.1) is 35.1 Å². The molecule has 6 N–H and O–H groups in total. The van der Waals surface area contributed by atoms with E-state index in [-0.39, 0.29) is 34.3 Å². The van der Waals surface area contributed by atoms with Crippen molar-refractivity contribution in [3.05, 3.63) is 143 Å². The van der Waals surface area contributed by atoms with E-state index in [9.17, 15) is 71.1 Å². The first kappa shape index (κ1) is 83.3. The van der Waals surface area contributed by atoms with Gasteiger partial charge in [-0.25, -0.2) is 28.7 Å². The van der Waals surface area contributed by atoms with Crippen molar-refractivity contribution in [3.63, 3.8) is 0 Å². The van der Waals surface area contributed by atoms with Crippen LogP contribution in [0.1, 0.15) is 84.2 Å². The van der Waals surface area contributed by atoms with Crippen LogP contribution in [0.4, 0.5) is 84.5 Å². The van der Waals surface area contributed by atoms with Crippen LogP contribution in [0.15, 0.2) is 97.8 Å². The number of carboxylic acid groups (broad SMARTS) is 2. The van der Waals surface area contributed by atoms with Gasteiger partial charge in [0.05, 0.1) is 78.2 Å². The number of aromatic nitrogens is 6. The average molecular weight is 1510 g/mol. The molecule has 0 atom stereocenters. The maximum Gasteiger partial charge on any atom is 0.430 e. The second-order valence-electron chi connectivity index (χ2n) is 26.1. The van der Waals surface area contributed by atoms with E-state index in [1.807, 2.05) is 26.0 Å². The summed E-state index contributed by atoms with van der Waals surface area (Å²) in [6.07, 6.45) is 5.74. The molecule has 0 saturated carbocycles. The lowest BCUT2D eigenvalue weighted by atomic mass is 10.0. The van der Waals surface area contributed by atoms with Gasteiger partial charge in [-0.15, -0.1) is 0 Å². The van der Waals surface area contributed by atoms with E-state index >= 15 is 0 Å². The molecule has 2 aliphatic heterocycles. The molecule has 4 aromatic carbocycles. The number of rotatable bonds is 30. The number of anilines is 4. The molecule has 4 aromatic heterocycles. The van der Waals surface area contributed by atoms with E-state index in [1.54, 1.807) is 24.3 Å². The normalized spacial score (nSPS) is 13.3. The highest BCUT2D eigenvalue weighted by Crippen LogP contribution is 2.35. The first-order valence-electron chi connectivity index (χ1n) is 33.5. The number of carbonyl (C=O) groups is 4. The number of unbranched alkanes of at least 4 members (excludes halogenated alkanes) is 4. The molecule has 2 fully saturated rings. The van der Waals surface area contributed by atoms with Crippen LogP contribution in [0.25, 0.3) is 33.8 Å². The number of benzene rings is 4. The molecular weight excluding hydrogens is 1430 g/mol. The molecule has 0 unspecified atom stereocenters. The molecule has 2 saturated heterocycles. The fourth-order valence-corrected chi connectivity index (χ4v) is 11.7. The molecule has 576 valence electrons. The molecule has 0 radical (unpaired) electrons. The fourth-order valence-electron chi connectivity index (χ4n) is 11.7. The molecule has 0 spiro atoms. The van der Waals surface area contributed by atoms with E-state index in [2.05, 4.69) is 89.5 Å². The highest BCUT2D eigenvalue weighted by Gasteiger charge is 2.31. The number of nitrogens with one attached hydrogen (secondary N) is 6. The third-order valence-corrected chi connectivity index (χ3v) is 17.1. The number of hydrogen-bond donors (Lipinski definition) is 6. The molecule has 22 nitrogen and oxygen atoms in total. The van der Waals surface area contributed by atoms with Crippen LogP contribution in [-0.2, 0) is 22.4 Å². The largest absolute Gasteiger partial charge is 0.542 e. The summed E-state index contributed by atoms with van der Waals surface area (Å²) in [6.45, 7) is 7.73. The zero-order chi connectivity index (χ0) is 77.8. The van der Waals surface area contributed by atoms with Crippen molar-refractivity contribution in [1.29, 1.82) is 0 Å². The summed E-state index contributed by atoms with van der Waals surface area (Å²) in [7, 11) is 9.15. The van der Waals surface area contributed by atoms with Crippen molar-refractivity contribution < 1.29 is 109 Å². The Kier molecular flexibility index (Phi) is 29.4. The zero-order valence-corrected chi connectivity index (χ0v) is 58.4. The van der Waals surface area contributed by atoms with E-state index in [0.717, 1.165) is 134 Å². The summed E-state index contributed by atoms with van der Waals surface area (Å²) in [5.74, 6) is -11.5. The summed E-state index contributed by atoms with van der Waals surface area (Å²) >= 11 is 0. The van der Waals surface area contributed by atoms with Crippen molar-refractivity contribution in [2.75, 3.05) is 104 Å². The maximum absolute atomic E-state index is 14.9. The predicted molar refractivity (Wildman–Crippen MR) is 359 cm³/mol. The SMILES string of the molecule is CCc1cc(Nc2nccn3c(-c4ccc(OC(F)F)c(F)c4F)cnc23)ccc1C(=O)NCCCCC[N+](C)(C)CC1CNC1.CCc1cc(Nc2nccn3c(-c4ccc(OC(F)F)c(F)c4F)cnc23)ccc1C(=O)NCCCCC[N+](C)(C)CC1CNC1.O=C([O-])C(F)(F)F.O=C([O-])C(F)(F)F. The third-order valence-electron chi connectivity index (χ3n) is 17.1. The summed E-state index contributed by atoms with van der Waals surface area (Å²) in [4.78, 5) is 61.0. The Morgan fingerprint density at radius 3 is 1.21 bits per heavy atom. The fraction of sp³-hybridized carbons (Fsp3) is 0.429. The number of fused-ring (bicyclic) bond motifs is 2. The van der Waals surface area contributed by atoms with E-state index in [4.69, 9.17) is 19.8 Å². The first-order chi connectivity index (χ1) is 50.0. The van der Waals surface area contributed by atoms with Crippen molar-refractivity contribution in [1.82, 2.24) is 50.0 Å². The molecular formula is C70H80F14N14O8. The van der Waals surface area contributed by atoms with Gasteiger partial charge in [-0.2, -0.15) is 52.7 Å². The van der Waals surface area contributed by atoms with Gasteiger partial charge >= 0.3 is 25.6 Å². The molecule has 0 bridgehead atoms. The molecule has 0 aliphatic carbocycles. The van der Waals surface area contributed by atoms with Crippen LogP contribution in [-0.4, -0.2) is 181 Å². The summed E-state index contributed by atoms with van der Waals surface area (Å²) in [5.41, 5.74) is 4.92. The Hall–Kier alpha value is -9.94. The summed E-state index contributed by atoms with van der Waals surface area (Å²) in [6, 6.07) is 15.0. The zero-order valence-electron chi connectivity index (χ0n) is 58.4. The smallest absolute Gasteiger partial charge is 0.430 e. The van der Waals surface area contributed by atoms with Crippen LogP contribution < -0.4 is 51.6 Å². The predicted octanol–water partition coefficient (Wildman–Crippen LogP) is 10.2. The Bertz CT molecular complexity index is 4030. The maximum atomic E-state index is 14.9. The van der Waals surface area contributed by atoms with E-state index in [1.165, 1.54) is 59.1 Å². The number of quaternary nitrogens is 2. The van der Waals surface area contributed by atoms with Gasteiger partial charge in [0.25, 0.3) is 11.8 Å². The van der Waals surface area contributed by atoms with Crippen LogP contribution in [0.5, 0.6) is 11.5 Å².